The average Bonchev–Trinajstić information content (AvgIpc) is 2.36. The molecule has 0 radical (unpaired) electrons. The number of nitrogens with two attached hydrogens (primary N) is 1. The molecule has 0 fully saturated rings. The van der Waals surface area contributed by atoms with Gasteiger partial charge in [0.2, 0.25) is 5.91 Å². The Morgan fingerprint density at radius 3 is 2.50 bits per heavy atom. The number of carbonyl (C=O) groups excluding carboxylic acids is 1. The zero-order chi connectivity index (χ0) is 13.4. The minimum Gasteiger partial charge on any atom is -0.333 e. The molecular weight excluding hydrogens is 238 g/mol. The molecule has 5 heteroatoms. The zero-order valence-corrected chi connectivity index (χ0v) is 10.2. The summed E-state index contributed by atoms with van der Waals surface area (Å²) in [5.41, 5.74) is 6.16. The predicted octanol–water partition coefficient (Wildman–Crippen LogP) is 2.02. The Morgan fingerprint density at radius 1 is 1.28 bits per heavy atom. The molecule has 0 aliphatic carbocycles. The van der Waals surface area contributed by atoms with Gasteiger partial charge < -0.3 is 10.6 Å². The molecule has 0 saturated heterocycles. The summed E-state index contributed by atoms with van der Waals surface area (Å²) >= 11 is 0. The Hall–Kier alpha value is -1.49. The molecule has 1 amide bonds. The van der Waals surface area contributed by atoms with Crippen molar-refractivity contribution in [1.82, 2.24) is 4.90 Å². The average molecular weight is 256 g/mol. The second-order valence-corrected chi connectivity index (χ2v) is 4.04. The first-order valence-corrected chi connectivity index (χ1v) is 5.93. The van der Waals surface area contributed by atoms with Crippen LogP contribution in [0.25, 0.3) is 0 Å². The number of halogens is 2. The maximum absolute atomic E-state index is 12.5. The highest BCUT2D eigenvalue weighted by atomic mass is 19.3. The Balaban J connectivity index is 2.63. The third-order valence-electron chi connectivity index (χ3n) is 2.52. The zero-order valence-electron chi connectivity index (χ0n) is 10.2. The Kier molecular flexibility index (Phi) is 6.28. The molecule has 0 aliphatic heterocycles. The largest absolute Gasteiger partial charge is 0.333 e. The van der Waals surface area contributed by atoms with E-state index in [-0.39, 0.29) is 18.9 Å². The van der Waals surface area contributed by atoms with E-state index in [0.29, 0.717) is 13.0 Å². The lowest BCUT2D eigenvalue weighted by molar-refractivity contribution is -0.133. The molecular formula is C13H18F2N2O. The lowest BCUT2D eigenvalue weighted by Gasteiger charge is -2.22. The highest BCUT2D eigenvalue weighted by Gasteiger charge is 2.17. The Morgan fingerprint density at radius 2 is 1.94 bits per heavy atom. The van der Waals surface area contributed by atoms with Gasteiger partial charge >= 0.3 is 0 Å². The van der Waals surface area contributed by atoms with Crippen molar-refractivity contribution < 1.29 is 13.6 Å². The first kappa shape index (κ1) is 14.6. The number of rotatable bonds is 7. The van der Waals surface area contributed by atoms with Crippen LogP contribution in [0.1, 0.15) is 18.4 Å². The molecule has 18 heavy (non-hydrogen) atoms. The van der Waals surface area contributed by atoms with E-state index in [1.165, 1.54) is 4.90 Å². The van der Waals surface area contributed by atoms with Crippen molar-refractivity contribution in [2.75, 3.05) is 13.1 Å². The minimum absolute atomic E-state index is 0.217. The number of amides is 1. The fourth-order valence-electron chi connectivity index (χ4n) is 1.64. The summed E-state index contributed by atoms with van der Waals surface area (Å²) in [6.45, 7) is 0.0759. The van der Waals surface area contributed by atoms with Crippen molar-refractivity contribution in [3.63, 3.8) is 0 Å². The number of benzene rings is 1. The molecule has 100 valence electrons. The number of nitrogens with zero attached hydrogens (tertiary/aromatic N) is 1. The smallest absolute Gasteiger partial charge is 0.255 e. The number of carbonyl (C=O) groups is 1. The van der Waals surface area contributed by atoms with Gasteiger partial charge in [0.05, 0.1) is 6.54 Å². The quantitative estimate of drug-likeness (QED) is 0.811. The molecule has 0 unspecified atom stereocenters. The molecule has 0 spiro atoms. The van der Waals surface area contributed by atoms with Crippen LogP contribution in [0.15, 0.2) is 30.3 Å². The van der Waals surface area contributed by atoms with Gasteiger partial charge in [0.1, 0.15) is 0 Å². The van der Waals surface area contributed by atoms with Crippen LogP contribution < -0.4 is 5.73 Å². The highest BCUT2D eigenvalue weighted by Crippen LogP contribution is 2.09. The fourth-order valence-corrected chi connectivity index (χ4v) is 1.64. The molecule has 1 aromatic carbocycles. The van der Waals surface area contributed by atoms with Crippen molar-refractivity contribution >= 4 is 5.91 Å². The van der Waals surface area contributed by atoms with Crippen LogP contribution in [0.3, 0.4) is 0 Å². The molecule has 0 aromatic heterocycles. The van der Waals surface area contributed by atoms with Gasteiger partial charge in [-0.15, -0.1) is 0 Å². The van der Waals surface area contributed by atoms with Crippen LogP contribution in [-0.4, -0.2) is 30.3 Å². The van der Waals surface area contributed by atoms with Gasteiger partial charge in [-0.3, -0.25) is 4.79 Å². The van der Waals surface area contributed by atoms with Crippen LogP contribution in [0.2, 0.25) is 0 Å². The summed E-state index contributed by atoms with van der Waals surface area (Å²) in [6.07, 6.45) is -1.78. The van der Waals surface area contributed by atoms with Crippen LogP contribution in [-0.2, 0) is 11.3 Å². The van der Waals surface area contributed by atoms with Crippen LogP contribution in [0.4, 0.5) is 8.78 Å². The lowest BCUT2D eigenvalue weighted by Crippen LogP contribution is -2.34. The molecule has 0 heterocycles. The van der Waals surface area contributed by atoms with Crippen molar-refractivity contribution in [2.45, 2.75) is 25.8 Å². The number of hydrogen-bond donors (Lipinski definition) is 1. The van der Waals surface area contributed by atoms with E-state index in [9.17, 15) is 13.6 Å². The molecule has 0 saturated carbocycles. The summed E-state index contributed by atoms with van der Waals surface area (Å²) in [5.74, 6) is -0.274. The number of alkyl halides is 2. The Bertz CT molecular complexity index is 357. The third kappa shape index (κ3) is 5.23. The summed E-state index contributed by atoms with van der Waals surface area (Å²) in [4.78, 5) is 13.0. The van der Waals surface area contributed by atoms with E-state index in [1.54, 1.807) is 0 Å². The molecule has 3 nitrogen and oxygen atoms in total. The van der Waals surface area contributed by atoms with E-state index in [4.69, 9.17) is 5.73 Å². The minimum atomic E-state index is -2.52. The summed E-state index contributed by atoms with van der Waals surface area (Å²) in [5, 5.41) is 0. The maximum atomic E-state index is 12.5. The first-order chi connectivity index (χ1) is 8.63. The van der Waals surface area contributed by atoms with E-state index >= 15 is 0 Å². The first-order valence-electron chi connectivity index (χ1n) is 5.93. The van der Waals surface area contributed by atoms with Gasteiger partial charge in [-0.1, -0.05) is 30.3 Å². The molecule has 0 aliphatic rings. The summed E-state index contributed by atoms with van der Waals surface area (Å²) in [6, 6.07) is 9.11. The predicted molar refractivity (Wildman–Crippen MR) is 66.2 cm³/mol. The van der Waals surface area contributed by atoms with Crippen LogP contribution in [0, 0.1) is 0 Å². The SMILES string of the molecule is NCCCC(=O)N(Cc1ccccc1)CC(F)F. The summed E-state index contributed by atoms with van der Waals surface area (Å²) < 4.78 is 24.9. The molecule has 1 rings (SSSR count). The highest BCUT2D eigenvalue weighted by molar-refractivity contribution is 5.76. The van der Waals surface area contributed by atoms with E-state index in [1.807, 2.05) is 30.3 Å². The fraction of sp³-hybridized carbons (Fsp3) is 0.462. The van der Waals surface area contributed by atoms with Crippen molar-refractivity contribution in [3.8, 4) is 0 Å². The van der Waals surface area contributed by atoms with Gasteiger partial charge in [-0.05, 0) is 18.5 Å². The monoisotopic (exact) mass is 256 g/mol. The molecule has 0 bridgehead atoms. The van der Waals surface area contributed by atoms with E-state index in [2.05, 4.69) is 0 Å². The molecule has 2 N–H and O–H groups in total. The number of hydrogen-bond acceptors (Lipinski definition) is 2. The van der Waals surface area contributed by atoms with Crippen molar-refractivity contribution in [1.29, 1.82) is 0 Å². The topological polar surface area (TPSA) is 46.3 Å². The molecule has 1 aromatic rings. The maximum Gasteiger partial charge on any atom is 0.255 e. The third-order valence-corrected chi connectivity index (χ3v) is 2.52. The van der Waals surface area contributed by atoms with E-state index in [0.717, 1.165) is 5.56 Å². The normalized spacial score (nSPS) is 10.7. The Labute approximate surface area is 106 Å². The standard InChI is InChI=1S/C13H18F2N2O/c14-12(15)10-17(13(18)7-4-8-16)9-11-5-2-1-3-6-11/h1-3,5-6,12H,4,7-10,16H2. The van der Waals surface area contributed by atoms with Crippen molar-refractivity contribution in [2.24, 2.45) is 5.73 Å². The van der Waals surface area contributed by atoms with Gasteiger partial charge in [-0.25, -0.2) is 8.78 Å². The second-order valence-electron chi connectivity index (χ2n) is 4.04. The van der Waals surface area contributed by atoms with Crippen LogP contribution >= 0.6 is 0 Å². The lowest BCUT2D eigenvalue weighted by atomic mass is 10.2. The summed E-state index contributed by atoms with van der Waals surface area (Å²) in [7, 11) is 0. The van der Waals surface area contributed by atoms with Gasteiger partial charge in [-0.2, -0.15) is 0 Å². The van der Waals surface area contributed by atoms with Gasteiger partial charge in [0.25, 0.3) is 6.43 Å². The second kappa shape index (κ2) is 7.76. The van der Waals surface area contributed by atoms with Crippen LogP contribution in [0.5, 0.6) is 0 Å². The van der Waals surface area contributed by atoms with Gasteiger partial charge in [0, 0.05) is 13.0 Å². The van der Waals surface area contributed by atoms with Gasteiger partial charge in [0.15, 0.2) is 0 Å². The van der Waals surface area contributed by atoms with Crippen molar-refractivity contribution in [3.05, 3.63) is 35.9 Å². The molecule has 0 atom stereocenters. The van der Waals surface area contributed by atoms with E-state index < -0.39 is 13.0 Å².